The molecule has 1 aromatic carbocycles. The molecule has 78 valence electrons. The summed E-state index contributed by atoms with van der Waals surface area (Å²) in [5.41, 5.74) is 4.38. The molecule has 1 atom stereocenters. The Balaban J connectivity index is 2.70. The summed E-state index contributed by atoms with van der Waals surface area (Å²) in [6.45, 7) is 6.17. The molecule has 0 aromatic heterocycles. The summed E-state index contributed by atoms with van der Waals surface area (Å²) in [6.07, 6.45) is 0. The average Bonchev–Trinajstić information content (AvgIpc) is 2.18. The fourth-order valence-corrected chi connectivity index (χ4v) is 1.15. The minimum absolute atomic E-state index is 0.00468. The molecule has 1 unspecified atom stereocenters. The van der Waals surface area contributed by atoms with Crippen LogP contribution in [0.1, 0.15) is 31.0 Å². The standard InChI is InChI=1S/C11H16FNO/c1-4-14-13-9(3)10-6-5-8(2)11(12)7-10/h5-7,9,13H,4H2,1-3H3. The monoisotopic (exact) mass is 197 g/mol. The van der Waals surface area contributed by atoms with Crippen LogP contribution in [0.3, 0.4) is 0 Å². The van der Waals surface area contributed by atoms with Gasteiger partial charge in [0.05, 0.1) is 12.6 Å². The summed E-state index contributed by atoms with van der Waals surface area (Å²) in [7, 11) is 0. The van der Waals surface area contributed by atoms with Crippen molar-refractivity contribution in [3.8, 4) is 0 Å². The Hall–Kier alpha value is -0.930. The van der Waals surface area contributed by atoms with E-state index in [-0.39, 0.29) is 11.9 Å². The fourth-order valence-electron chi connectivity index (χ4n) is 1.15. The third kappa shape index (κ3) is 2.79. The van der Waals surface area contributed by atoms with Gasteiger partial charge in [-0.15, -0.1) is 0 Å². The Labute approximate surface area is 84.0 Å². The van der Waals surface area contributed by atoms with Crippen LogP contribution < -0.4 is 5.48 Å². The van der Waals surface area contributed by atoms with E-state index in [0.29, 0.717) is 12.2 Å². The summed E-state index contributed by atoms with van der Waals surface area (Å²) in [5, 5.41) is 0. The van der Waals surface area contributed by atoms with E-state index in [1.807, 2.05) is 19.9 Å². The quantitative estimate of drug-likeness (QED) is 0.749. The molecule has 0 fully saturated rings. The minimum atomic E-state index is -0.173. The number of nitrogens with one attached hydrogen (secondary N) is 1. The molecule has 0 saturated carbocycles. The van der Waals surface area contributed by atoms with Crippen LogP contribution in [0.4, 0.5) is 4.39 Å². The Morgan fingerprint density at radius 2 is 2.21 bits per heavy atom. The van der Waals surface area contributed by atoms with Gasteiger partial charge >= 0.3 is 0 Å². The van der Waals surface area contributed by atoms with Gasteiger partial charge in [-0.2, -0.15) is 5.48 Å². The molecular formula is C11H16FNO. The normalized spacial score (nSPS) is 12.9. The van der Waals surface area contributed by atoms with Gasteiger partial charge in [-0.05, 0) is 38.0 Å². The van der Waals surface area contributed by atoms with E-state index in [1.54, 1.807) is 13.0 Å². The van der Waals surface area contributed by atoms with Crippen molar-refractivity contribution in [3.05, 3.63) is 35.1 Å². The number of halogens is 1. The van der Waals surface area contributed by atoms with Gasteiger partial charge in [0.15, 0.2) is 0 Å². The van der Waals surface area contributed by atoms with Crippen molar-refractivity contribution < 1.29 is 9.23 Å². The third-order valence-electron chi connectivity index (χ3n) is 2.10. The maximum Gasteiger partial charge on any atom is 0.126 e. The van der Waals surface area contributed by atoms with Crippen LogP contribution in [0.2, 0.25) is 0 Å². The molecule has 1 aromatic rings. The first-order chi connectivity index (χ1) is 6.65. The number of hydroxylamine groups is 1. The first-order valence-corrected chi connectivity index (χ1v) is 4.78. The summed E-state index contributed by atoms with van der Waals surface area (Å²) < 4.78 is 13.2. The fraction of sp³-hybridized carbons (Fsp3) is 0.455. The van der Waals surface area contributed by atoms with Crippen LogP contribution in [-0.2, 0) is 4.84 Å². The Bertz CT molecular complexity index is 301. The van der Waals surface area contributed by atoms with E-state index < -0.39 is 0 Å². The first kappa shape index (κ1) is 11.1. The molecule has 1 N–H and O–H groups in total. The van der Waals surface area contributed by atoms with Crippen LogP contribution in [0.15, 0.2) is 18.2 Å². The zero-order valence-electron chi connectivity index (χ0n) is 8.80. The highest BCUT2D eigenvalue weighted by atomic mass is 19.1. The number of rotatable bonds is 4. The minimum Gasteiger partial charge on any atom is -0.302 e. The Morgan fingerprint density at radius 1 is 1.50 bits per heavy atom. The van der Waals surface area contributed by atoms with Crippen molar-refractivity contribution >= 4 is 0 Å². The van der Waals surface area contributed by atoms with E-state index in [0.717, 1.165) is 5.56 Å². The number of hydrogen-bond donors (Lipinski definition) is 1. The molecule has 0 spiro atoms. The molecule has 0 bridgehead atoms. The largest absolute Gasteiger partial charge is 0.302 e. The van der Waals surface area contributed by atoms with E-state index >= 15 is 0 Å². The highest BCUT2D eigenvalue weighted by molar-refractivity contribution is 5.25. The first-order valence-electron chi connectivity index (χ1n) is 4.78. The summed E-state index contributed by atoms with van der Waals surface area (Å²) in [4.78, 5) is 5.05. The number of aryl methyl sites for hydroxylation is 1. The second-order valence-corrected chi connectivity index (χ2v) is 3.28. The van der Waals surface area contributed by atoms with Crippen molar-refractivity contribution in [3.63, 3.8) is 0 Å². The SMILES string of the molecule is CCONC(C)c1ccc(C)c(F)c1. The van der Waals surface area contributed by atoms with Gasteiger partial charge < -0.3 is 4.84 Å². The van der Waals surface area contributed by atoms with E-state index in [1.165, 1.54) is 6.07 Å². The molecule has 0 aliphatic carbocycles. The lowest BCUT2D eigenvalue weighted by atomic mass is 10.1. The molecule has 0 heterocycles. The van der Waals surface area contributed by atoms with Crippen LogP contribution in [-0.4, -0.2) is 6.61 Å². The zero-order valence-corrected chi connectivity index (χ0v) is 8.80. The molecule has 0 aliphatic rings. The van der Waals surface area contributed by atoms with Gasteiger partial charge in [-0.3, -0.25) is 0 Å². The Morgan fingerprint density at radius 3 is 2.79 bits per heavy atom. The van der Waals surface area contributed by atoms with Crippen LogP contribution >= 0.6 is 0 Å². The van der Waals surface area contributed by atoms with E-state index in [2.05, 4.69) is 5.48 Å². The highest BCUT2D eigenvalue weighted by Gasteiger charge is 2.06. The number of benzene rings is 1. The second-order valence-electron chi connectivity index (χ2n) is 3.28. The lowest BCUT2D eigenvalue weighted by Crippen LogP contribution is -2.19. The van der Waals surface area contributed by atoms with Gasteiger partial charge in [-0.25, -0.2) is 4.39 Å². The van der Waals surface area contributed by atoms with Crippen molar-refractivity contribution in [2.45, 2.75) is 26.8 Å². The lowest BCUT2D eigenvalue weighted by molar-refractivity contribution is 0.0284. The zero-order chi connectivity index (χ0) is 10.6. The molecule has 0 amide bonds. The average molecular weight is 197 g/mol. The van der Waals surface area contributed by atoms with Crippen molar-refractivity contribution in [1.29, 1.82) is 0 Å². The highest BCUT2D eigenvalue weighted by Crippen LogP contribution is 2.15. The molecular weight excluding hydrogens is 181 g/mol. The maximum absolute atomic E-state index is 13.2. The summed E-state index contributed by atoms with van der Waals surface area (Å²) >= 11 is 0. The Kier molecular flexibility index (Phi) is 4.04. The van der Waals surface area contributed by atoms with Crippen molar-refractivity contribution in [2.75, 3.05) is 6.61 Å². The van der Waals surface area contributed by atoms with Gasteiger partial charge in [0.2, 0.25) is 0 Å². The van der Waals surface area contributed by atoms with Gasteiger partial charge in [0, 0.05) is 0 Å². The lowest BCUT2D eigenvalue weighted by Gasteiger charge is -2.13. The molecule has 1 rings (SSSR count). The van der Waals surface area contributed by atoms with Gasteiger partial charge in [0.1, 0.15) is 5.82 Å². The maximum atomic E-state index is 13.2. The summed E-state index contributed by atoms with van der Waals surface area (Å²) in [5.74, 6) is -0.173. The smallest absolute Gasteiger partial charge is 0.126 e. The predicted octanol–water partition coefficient (Wildman–Crippen LogP) is 2.74. The molecule has 14 heavy (non-hydrogen) atoms. The molecule has 0 radical (unpaired) electrons. The van der Waals surface area contributed by atoms with E-state index in [9.17, 15) is 4.39 Å². The van der Waals surface area contributed by atoms with Crippen molar-refractivity contribution in [2.24, 2.45) is 0 Å². The van der Waals surface area contributed by atoms with Gasteiger partial charge in [-0.1, -0.05) is 12.1 Å². The third-order valence-corrected chi connectivity index (χ3v) is 2.10. The molecule has 2 nitrogen and oxygen atoms in total. The predicted molar refractivity (Wildman–Crippen MR) is 54.3 cm³/mol. The molecule has 3 heteroatoms. The van der Waals surface area contributed by atoms with Crippen LogP contribution in [0.25, 0.3) is 0 Å². The van der Waals surface area contributed by atoms with Crippen LogP contribution in [0.5, 0.6) is 0 Å². The topological polar surface area (TPSA) is 21.3 Å². The van der Waals surface area contributed by atoms with E-state index in [4.69, 9.17) is 4.84 Å². The molecule has 0 aliphatic heterocycles. The summed E-state index contributed by atoms with van der Waals surface area (Å²) in [6, 6.07) is 5.21. The molecule has 0 saturated heterocycles. The van der Waals surface area contributed by atoms with Crippen molar-refractivity contribution in [1.82, 2.24) is 5.48 Å². The second kappa shape index (κ2) is 5.08. The van der Waals surface area contributed by atoms with Crippen LogP contribution in [0, 0.1) is 12.7 Å². The number of hydrogen-bond acceptors (Lipinski definition) is 2. The van der Waals surface area contributed by atoms with Gasteiger partial charge in [0.25, 0.3) is 0 Å².